The number of cyclic esters (lactones) is 1. The number of hydrogen-bond donors (Lipinski definition) is 1. The molecule has 2 aliphatic heterocycles. The molecule has 2 aliphatic rings. The van der Waals surface area contributed by atoms with Gasteiger partial charge in [-0.15, -0.1) is 11.8 Å². The number of carbonyl (C=O) groups is 2. The summed E-state index contributed by atoms with van der Waals surface area (Å²) in [5.74, 6) is 0.318. The molecule has 1 aromatic carbocycles. The van der Waals surface area contributed by atoms with Gasteiger partial charge in [0, 0.05) is 5.75 Å². The summed E-state index contributed by atoms with van der Waals surface area (Å²) < 4.78 is 9.83. The van der Waals surface area contributed by atoms with Crippen molar-refractivity contribution < 1.29 is 24.2 Å². The van der Waals surface area contributed by atoms with Crippen LogP contribution < -0.4 is 4.74 Å². The van der Waals surface area contributed by atoms with Gasteiger partial charge in [-0.25, -0.2) is 4.79 Å². The SMILES string of the molecule is COc1ccc(C2SCC3C(=O)OCC(=O)N32)cc1O. The lowest BCUT2D eigenvalue weighted by Gasteiger charge is -2.31. The van der Waals surface area contributed by atoms with Crippen LogP contribution in [0.5, 0.6) is 11.5 Å². The molecule has 20 heavy (non-hydrogen) atoms. The summed E-state index contributed by atoms with van der Waals surface area (Å²) in [5.41, 5.74) is 0.763. The summed E-state index contributed by atoms with van der Waals surface area (Å²) in [4.78, 5) is 25.2. The lowest BCUT2D eigenvalue weighted by molar-refractivity contribution is -0.167. The maximum atomic E-state index is 12.0. The molecule has 2 unspecified atom stereocenters. The molecule has 1 amide bonds. The first kappa shape index (κ1) is 13.1. The number of rotatable bonds is 2. The minimum Gasteiger partial charge on any atom is -0.504 e. The number of methoxy groups -OCH3 is 1. The van der Waals surface area contributed by atoms with Crippen molar-refractivity contribution in [2.75, 3.05) is 19.5 Å². The fourth-order valence-corrected chi connectivity index (χ4v) is 3.84. The van der Waals surface area contributed by atoms with Crippen LogP contribution in [0.15, 0.2) is 18.2 Å². The van der Waals surface area contributed by atoms with E-state index in [1.807, 2.05) is 0 Å². The molecule has 2 atom stereocenters. The van der Waals surface area contributed by atoms with Gasteiger partial charge in [0.2, 0.25) is 0 Å². The van der Waals surface area contributed by atoms with E-state index in [1.165, 1.54) is 23.8 Å². The molecule has 0 aromatic heterocycles. The summed E-state index contributed by atoms with van der Waals surface area (Å²) in [6.45, 7) is -0.214. The topological polar surface area (TPSA) is 76.1 Å². The number of fused-ring (bicyclic) bond motifs is 1. The van der Waals surface area contributed by atoms with Gasteiger partial charge in [0.25, 0.3) is 5.91 Å². The van der Waals surface area contributed by atoms with E-state index in [1.54, 1.807) is 18.2 Å². The third kappa shape index (κ3) is 1.98. The Bertz CT molecular complexity index is 576. The maximum Gasteiger partial charge on any atom is 0.330 e. The van der Waals surface area contributed by atoms with Crippen LogP contribution in [0.1, 0.15) is 10.9 Å². The largest absolute Gasteiger partial charge is 0.504 e. The number of morpholine rings is 1. The summed E-state index contributed by atoms with van der Waals surface area (Å²) in [6.07, 6.45) is 0. The van der Waals surface area contributed by atoms with Gasteiger partial charge in [0.05, 0.1) is 7.11 Å². The van der Waals surface area contributed by atoms with Gasteiger partial charge in [0.1, 0.15) is 11.4 Å². The molecule has 3 rings (SSSR count). The number of nitrogens with zero attached hydrogens (tertiary/aromatic N) is 1. The fraction of sp³-hybridized carbons (Fsp3) is 0.385. The van der Waals surface area contributed by atoms with Crippen molar-refractivity contribution in [3.8, 4) is 11.5 Å². The zero-order valence-corrected chi connectivity index (χ0v) is 11.6. The standard InChI is InChI=1S/C13H13NO5S/c1-18-10-3-2-7(4-9(10)15)12-14-8(6-20-12)13(17)19-5-11(14)16/h2-4,8,12,15H,5-6H2,1H3. The molecule has 2 fully saturated rings. The number of esters is 1. The van der Waals surface area contributed by atoms with Crippen LogP contribution in [0.25, 0.3) is 0 Å². The van der Waals surface area contributed by atoms with Gasteiger partial charge < -0.3 is 19.5 Å². The van der Waals surface area contributed by atoms with Gasteiger partial charge in [-0.3, -0.25) is 4.79 Å². The van der Waals surface area contributed by atoms with Gasteiger partial charge in [-0.2, -0.15) is 0 Å². The van der Waals surface area contributed by atoms with E-state index in [9.17, 15) is 14.7 Å². The molecule has 0 radical (unpaired) electrons. The van der Waals surface area contributed by atoms with E-state index < -0.39 is 6.04 Å². The van der Waals surface area contributed by atoms with E-state index >= 15 is 0 Å². The number of hydrogen-bond acceptors (Lipinski definition) is 6. The monoisotopic (exact) mass is 295 g/mol. The van der Waals surface area contributed by atoms with Crippen LogP contribution in [-0.4, -0.2) is 47.4 Å². The normalized spacial score (nSPS) is 25.4. The first-order valence-electron chi connectivity index (χ1n) is 6.08. The average molecular weight is 295 g/mol. The summed E-state index contributed by atoms with van der Waals surface area (Å²) >= 11 is 1.48. The van der Waals surface area contributed by atoms with E-state index in [-0.39, 0.29) is 29.6 Å². The number of amides is 1. The second-order valence-corrected chi connectivity index (χ2v) is 5.65. The molecule has 0 aliphatic carbocycles. The van der Waals surface area contributed by atoms with Gasteiger partial charge in [0.15, 0.2) is 18.1 Å². The second-order valence-electron chi connectivity index (χ2n) is 4.54. The van der Waals surface area contributed by atoms with Crippen molar-refractivity contribution in [2.45, 2.75) is 11.4 Å². The van der Waals surface area contributed by atoms with Crippen molar-refractivity contribution in [2.24, 2.45) is 0 Å². The summed E-state index contributed by atoms with van der Waals surface area (Å²) in [5, 5.41) is 9.56. The molecule has 1 N–H and O–H groups in total. The molecule has 0 bridgehead atoms. The number of ether oxygens (including phenoxy) is 2. The molecular formula is C13H13NO5S. The van der Waals surface area contributed by atoms with Crippen molar-refractivity contribution in [3.63, 3.8) is 0 Å². The molecule has 2 heterocycles. The minimum atomic E-state index is -0.532. The molecule has 7 heteroatoms. The van der Waals surface area contributed by atoms with E-state index in [0.717, 1.165) is 5.56 Å². The zero-order chi connectivity index (χ0) is 14.3. The number of benzene rings is 1. The van der Waals surface area contributed by atoms with Crippen molar-refractivity contribution in [1.29, 1.82) is 0 Å². The van der Waals surface area contributed by atoms with E-state index in [0.29, 0.717) is 11.5 Å². The summed E-state index contributed by atoms with van der Waals surface area (Å²) in [6, 6.07) is 4.46. The van der Waals surface area contributed by atoms with Crippen LogP contribution in [0.4, 0.5) is 0 Å². The van der Waals surface area contributed by atoms with Gasteiger partial charge in [-0.1, -0.05) is 6.07 Å². The fourth-order valence-electron chi connectivity index (χ4n) is 2.41. The minimum absolute atomic E-state index is 0.0149. The molecule has 106 valence electrons. The third-order valence-corrected chi connectivity index (χ3v) is 4.71. The van der Waals surface area contributed by atoms with Crippen LogP contribution in [0.2, 0.25) is 0 Å². The van der Waals surface area contributed by atoms with E-state index in [2.05, 4.69) is 0 Å². The van der Waals surface area contributed by atoms with Crippen LogP contribution in [-0.2, 0) is 14.3 Å². The third-order valence-electron chi connectivity index (χ3n) is 3.39. The molecular weight excluding hydrogens is 282 g/mol. The van der Waals surface area contributed by atoms with Gasteiger partial charge >= 0.3 is 5.97 Å². The Morgan fingerprint density at radius 2 is 2.25 bits per heavy atom. The highest BCUT2D eigenvalue weighted by molar-refractivity contribution is 7.99. The average Bonchev–Trinajstić information content (AvgIpc) is 2.89. The predicted molar refractivity (Wildman–Crippen MR) is 71.5 cm³/mol. The van der Waals surface area contributed by atoms with Crippen LogP contribution in [0.3, 0.4) is 0 Å². The lowest BCUT2D eigenvalue weighted by atomic mass is 10.1. The highest BCUT2D eigenvalue weighted by atomic mass is 32.2. The Labute approximate surface area is 119 Å². The quantitative estimate of drug-likeness (QED) is 0.817. The Morgan fingerprint density at radius 1 is 1.45 bits per heavy atom. The Hall–Kier alpha value is -1.89. The highest BCUT2D eigenvalue weighted by Crippen LogP contribution is 2.44. The van der Waals surface area contributed by atoms with Crippen molar-refractivity contribution >= 4 is 23.6 Å². The molecule has 0 spiro atoms. The Morgan fingerprint density at radius 3 is 2.95 bits per heavy atom. The number of phenolic OH excluding ortho intramolecular Hbond substituents is 1. The second kappa shape index (κ2) is 4.90. The number of carbonyl (C=O) groups excluding carboxylic acids is 2. The Kier molecular flexibility index (Phi) is 3.21. The number of thioether (sulfide) groups is 1. The number of aromatic hydroxyl groups is 1. The van der Waals surface area contributed by atoms with Crippen molar-refractivity contribution in [1.82, 2.24) is 4.90 Å². The molecule has 1 aromatic rings. The smallest absolute Gasteiger partial charge is 0.330 e. The first-order chi connectivity index (χ1) is 9.61. The molecule has 0 saturated carbocycles. The first-order valence-corrected chi connectivity index (χ1v) is 7.13. The lowest BCUT2D eigenvalue weighted by Crippen LogP contribution is -2.50. The molecule has 6 nitrogen and oxygen atoms in total. The van der Waals surface area contributed by atoms with Crippen LogP contribution in [0, 0.1) is 0 Å². The number of phenols is 1. The Balaban J connectivity index is 1.92. The van der Waals surface area contributed by atoms with E-state index in [4.69, 9.17) is 9.47 Å². The van der Waals surface area contributed by atoms with Gasteiger partial charge in [-0.05, 0) is 17.7 Å². The molecule has 2 saturated heterocycles. The van der Waals surface area contributed by atoms with Crippen LogP contribution >= 0.6 is 11.8 Å². The maximum absolute atomic E-state index is 12.0. The zero-order valence-electron chi connectivity index (χ0n) is 10.7. The predicted octanol–water partition coefficient (Wildman–Crippen LogP) is 0.900. The highest BCUT2D eigenvalue weighted by Gasteiger charge is 2.46. The van der Waals surface area contributed by atoms with Crippen molar-refractivity contribution in [3.05, 3.63) is 23.8 Å². The summed E-state index contributed by atoms with van der Waals surface area (Å²) in [7, 11) is 1.47.